The molecule has 0 fully saturated rings. The quantitative estimate of drug-likeness (QED) is 0.263. The molecule has 0 aliphatic heterocycles. The van der Waals surface area contributed by atoms with Crippen LogP contribution in [0.1, 0.15) is 27.8 Å². The Labute approximate surface area is 248 Å². The summed E-state index contributed by atoms with van der Waals surface area (Å²) in [6.45, 7) is 5.31. The van der Waals surface area contributed by atoms with Crippen LogP contribution >= 0.6 is 0 Å². The van der Waals surface area contributed by atoms with Crippen LogP contribution in [0.15, 0.2) is 108 Å². The predicted molar refractivity (Wildman–Crippen MR) is 167 cm³/mol. The summed E-state index contributed by atoms with van der Waals surface area (Å²) in [7, 11) is -2.59. The minimum atomic E-state index is -4.13. The first kappa shape index (κ1) is 30.5. The van der Waals surface area contributed by atoms with Gasteiger partial charge in [0.25, 0.3) is 10.0 Å². The minimum absolute atomic E-state index is 0.0849. The molecule has 4 rings (SSSR count). The second-order valence-electron chi connectivity index (χ2n) is 10.4. The number of carbonyl (C=O) groups is 2. The van der Waals surface area contributed by atoms with Crippen molar-refractivity contribution in [1.29, 1.82) is 0 Å². The average molecular weight is 584 g/mol. The van der Waals surface area contributed by atoms with Gasteiger partial charge in [0.2, 0.25) is 11.8 Å². The molecule has 7 nitrogen and oxygen atoms in total. The van der Waals surface area contributed by atoms with Crippen molar-refractivity contribution in [2.75, 3.05) is 17.9 Å². The number of likely N-dealkylation sites (N-methyl/N-ethyl adjacent to an activating group) is 1. The number of para-hydroxylation sites is 1. The Morgan fingerprint density at radius 2 is 1.36 bits per heavy atom. The molecule has 4 aromatic carbocycles. The second kappa shape index (κ2) is 13.5. The monoisotopic (exact) mass is 583 g/mol. The second-order valence-corrected chi connectivity index (χ2v) is 12.2. The Morgan fingerprint density at radius 1 is 0.762 bits per heavy atom. The van der Waals surface area contributed by atoms with Crippen molar-refractivity contribution < 1.29 is 18.0 Å². The van der Waals surface area contributed by atoms with Crippen LogP contribution in [0.3, 0.4) is 0 Å². The maximum absolute atomic E-state index is 14.4. The van der Waals surface area contributed by atoms with Crippen LogP contribution in [0.25, 0.3) is 0 Å². The van der Waals surface area contributed by atoms with E-state index in [2.05, 4.69) is 5.32 Å². The first-order valence-corrected chi connectivity index (χ1v) is 15.3. The molecule has 0 heterocycles. The van der Waals surface area contributed by atoms with Crippen LogP contribution in [0.4, 0.5) is 5.69 Å². The number of benzene rings is 4. The third-order valence-electron chi connectivity index (χ3n) is 7.39. The Balaban J connectivity index is 1.80. The lowest BCUT2D eigenvalue weighted by molar-refractivity contribution is -0.139. The maximum atomic E-state index is 14.4. The van der Waals surface area contributed by atoms with Gasteiger partial charge >= 0.3 is 0 Å². The fourth-order valence-corrected chi connectivity index (χ4v) is 6.36. The van der Waals surface area contributed by atoms with E-state index in [-0.39, 0.29) is 23.8 Å². The third kappa shape index (κ3) is 7.06. The minimum Gasteiger partial charge on any atom is -0.357 e. The van der Waals surface area contributed by atoms with Gasteiger partial charge in [0.15, 0.2) is 0 Å². The van der Waals surface area contributed by atoms with Crippen molar-refractivity contribution in [3.63, 3.8) is 0 Å². The molecule has 218 valence electrons. The van der Waals surface area contributed by atoms with E-state index in [4.69, 9.17) is 0 Å². The van der Waals surface area contributed by atoms with Gasteiger partial charge < -0.3 is 10.2 Å². The lowest BCUT2D eigenvalue weighted by Crippen LogP contribution is -2.53. The van der Waals surface area contributed by atoms with Crippen molar-refractivity contribution >= 4 is 27.5 Å². The zero-order chi connectivity index (χ0) is 30.3. The van der Waals surface area contributed by atoms with Crippen molar-refractivity contribution in [3.8, 4) is 0 Å². The van der Waals surface area contributed by atoms with Crippen LogP contribution in [0.2, 0.25) is 0 Å². The summed E-state index contributed by atoms with van der Waals surface area (Å²) >= 11 is 0. The Kier molecular flexibility index (Phi) is 9.80. The predicted octanol–water partition coefficient (Wildman–Crippen LogP) is 5.19. The van der Waals surface area contributed by atoms with Crippen LogP contribution in [0, 0.1) is 20.8 Å². The fraction of sp³-hybridized carbons (Fsp3) is 0.235. The summed E-state index contributed by atoms with van der Waals surface area (Å²) in [5.41, 5.74) is 4.76. The first-order valence-electron chi connectivity index (χ1n) is 13.9. The van der Waals surface area contributed by atoms with E-state index < -0.39 is 28.5 Å². The SMILES string of the molecule is CNC(=O)C(Cc1ccccc1)N(Cc1ccccc1C)C(=O)CN(c1ccccc1C)S(=O)(=O)c1ccc(C)cc1. The highest BCUT2D eigenvalue weighted by Gasteiger charge is 2.34. The summed E-state index contributed by atoms with van der Waals surface area (Å²) in [5.74, 6) is -0.814. The maximum Gasteiger partial charge on any atom is 0.264 e. The van der Waals surface area contributed by atoms with E-state index in [9.17, 15) is 18.0 Å². The lowest BCUT2D eigenvalue weighted by Gasteiger charge is -2.34. The zero-order valence-electron chi connectivity index (χ0n) is 24.4. The molecule has 0 saturated heterocycles. The molecule has 0 aliphatic carbocycles. The van der Waals surface area contributed by atoms with E-state index in [0.29, 0.717) is 11.3 Å². The number of nitrogens with zero attached hydrogens (tertiary/aromatic N) is 2. The highest BCUT2D eigenvalue weighted by atomic mass is 32.2. The molecule has 0 aromatic heterocycles. The molecule has 1 N–H and O–H groups in total. The standard InChI is InChI=1S/C34H37N3O4S/c1-25-18-20-30(21-19-25)42(40,41)37(31-17-11-9-13-27(31)3)24-33(38)36(23-29-16-10-8-12-26(29)2)32(34(39)35-4)22-28-14-6-5-7-15-28/h5-21,32H,22-24H2,1-4H3,(H,35,39). The normalized spacial score (nSPS) is 11.9. The van der Waals surface area contributed by atoms with Crippen molar-refractivity contribution in [3.05, 3.63) is 131 Å². The molecule has 0 radical (unpaired) electrons. The number of hydrogen-bond donors (Lipinski definition) is 1. The largest absolute Gasteiger partial charge is 0.357 e. The number of sulfonamides is 1. The van der Waals surface area contributed by atoms with Gasteiger partial charge in [-0.05, 0) is 61.2 Å². The number of aryl methyl sites for hydroxylation is 3. The number of nitrogens with one attached hydrogen (secondary N) is 1. The fourth-order valence-electron chi connectivity index (χ4n) is 4.89. The van der Waals surface area contributed by atoms with Gasteiger partial charge in [-0.2, -0.15) is 0 Å². The zero-order valence-corrected chi connectivity index (χ0v) is 25.3. The van der Waals surface area contributed by atoms with E-state index in [1.165, 1.54) is 11.9 Å². The molecule has 1 unspecified atom stereocenters. The molecule has 2 amide bonds. The smallest absolute Gasteiger partial charge is 0.264 e. The van der Waals surface area contributed by atoms with Crippen molar-refractivity contribution in [2.24, 2.45) is 0 Å². The molecule has 8 heteroatoms. The Hall–Kier alpha value is -4.43. The Morgan fingerprint density at radius 3 is 1.98 bits per heavy atom. The van der Waals surface area contributed by atoms with E-state index in [0.717, 1.165) is 26.6 Å². The highest BCUT2D eigenvalue weighted by molar-refractivity contribution is 7.92. The molecule has 0 bridgehead atoms. The number of rotatable bonds is 11. The molecule has 0 spiro atoms. The van der Waals surface area contributed by atoms with E-state index in [1.54, 1.807) is 36.4 Å². The van der Waals surface area contributed by atoms with Crippen LogP contribution < -0.4 is 9.62 Å². The molecule has 0 saturated carbocycles. The van der Waals surface area contributed by atoms with E-state index >= 15 is 0 Å². The number of anilines is 1. The lowest BCUT2D eigenvalue weighted by atomic mass is 10.0. The van der Waals surface area contributed by atoms with Gasteiger partial charge in [-0.15, -0.1) is 0 Å². The van der Waals surface area contributed by atoms with Gasteiger partial charge in [0, 0.05) is 20.0 Å². The highest BCUT2D eigenvalue weighted by Crippen LogP contribution is 2.28. The summed E-state index contributed by atoms with van der Waals surface area (Å²) < 4.78 is 29.3. The molecule has 0 aliphatic rings. The average Bonchev–Trinajstić information content (AvgIpc) is 2.99. The molecule has 4 aromatic rings. The van der Waals surface area contributed by atoms with Gasteiger partial charge in [-0.3, -0.25) is 13.9 Å². The summed E-state index contributed by atoms with van der Waals surface area (Å²) in [5, 5.41) is 2.71. The number of amides is 2. The molecular weight excluding hydrogens is 546 g/mol. The molecule has 1 atom stereocenters. The number of carbonyl (C=O) groups excluding carboxylic acids is 2. The molecular formula is C34H37N3O4S. The van der Waals surface area contributed by atoms with Crippen LogP contribution in [-0.4, -0.2) is 44.8 Å². The van der Waals surface area contributed by atoms with E-state index in [1.807, 2.05) is 87.5 Å². The molecule has 42 heavy (non-hydrogen) atoms. The van der Waals surface area contributed by atoms with Gasteiger partial charge in [0.05, 0.1) is 10.6 Å². The van der Waals surface area contributed by atoms with Crippen molar-refractivity contribution in [1.82, 2.24) is 10.2 Å². The number of hydrogen-bond acceptors (Lipinski definition) is 4. The Bertz CT molecular complexity index is 1640. The van der Waals surface area contributed by atoms with Gasteiger partial charge in [0.1, 0.15) is 12.6 Å². The van der Waals surface area contributed by atoms with Crippen LogP contribution in [0.5, 0.6) is 0 Å². The van der Waals surface area contributed by atoms with Gasteiger partial charge in [-0.25, -0.2) is 8.42 Å². The first-order chi connectivity index (χ1) is 20.1. The summed E-state index contributed by atoms with van der Waals surface area (Å²) in [6.07, 6.45) is 0.271. The summed E-state index contributed by atoms with van der Waals surface area (Å²) in [4.78, 5) is 29.3. The van der Waals surface area contributed by atoms with Crippen molar-refractivity contribution in [2.45, 2.75) is 44.7 Å². The van der Waals surface area contributed by atoms with Crippen LogP contribution in [-0.2, 0) is 32.6 Å². The third-order valence-corrected chi connectivity index (χ3v) is 9.17. The summed E-state index contributed by atoms with van der Waals surface area (Å²) in [6, 6.07) is 29.9. The van der Waals surface area contributed by atoms with Gasteiger partial charge in [-0.1, -0.05) is 90.5 Å². The topological polar surface area (TPSA) is 86.8 Å².